The highest BCUT2D eigenvalue weighted by Crippen LogP contribution is 2.14. The number of pyridine rings is 1. The number of carbonyl (C=O) groups is 1. The summed E-state index contributed by atoms with van der Waals surface area (Å²) in [5, 5.41) is 2.93. The van der Waals surface area contributed by atoms with Gasteiger partial charge in [0.05, 0.1) is 12.1 Å². The van der Waals surface area contributed by atoms with Gasteiger partial charge in [0.25, 0.3) is 0 Å². The van der Waals surface area contributed by atoms with E-state index in [9.17, 15) is 4.79 Å². The summed E-state index contributed by atoms with van der Waals surface area (Å²) in [4.78, 5) is 16.6. The number of rotatable bonds is 3. The zero-order valence-corrected chi connectivity index (χ0v) is 12.1. The first kappa shape index (κ1) is 13.4. The van der Waals surface area contributed by atoms with Crippen molar-refractivity contribution >= 4 is 17.2 Å². The molecule has 0 aliphatic rings. The van der Waals surface area contributed by atoms with Crippen LogP contribution in [0.4, 0.5) is 5.69 Å². The number of amides is 1. The van der Waals surface area contributed by atoms with Gasteiger partial charge in [-0.2, -0.15) is 0 Å². The largest absolute Gasteiger partial charge is 0.326 e. The first-order valence-electron chi connectivity index (χ1n) is 6.91. The summed E-state index contributed by atoms with van der Waals surface area (Å²) >= 11 is 0. The van der Waals surface area contributed by atoms with Crippen molar-refractivity contribution in [3.05, 3.63) is 65.6 Å². The molecule has 0 saturated heterocycles. The van der Waals surface area contributed by atoms with E-state index in [2.05, 4.69) is 16.4 Å². The second kappa shape index (κ2) is 5.40. The van der Waals surface area contributed by atoms with Crippen molar-refractivity contribution in [2.45, 2.75) is 20.3 Å². The number of imidazole rings is 1. The Labute approximate surface area is 123 Å². The van der Waals surface area contributed by atoms with Crippen LogP contribution in [0, 0.1) is 13.8 Å². The van der Waals surface area contributed by atoms with E-state index < -0.39 is 0 Å². The van der Waals surface area contributed by atoms with Crippen LogP contribution in [0.25, 0.3) is 5.65 Å². The Hall–Kier alpha value is -2.62. The maximum absolute atomic E-state index is 12.1. The molecule has 21 heavy (non-hydrogen) atoms. The Balaban J connectivity index is 1.73. The number of fused-ring (bicyclic) bond motifs is 1. The van der Waals surface area contributed by atoms with Crippen LogP contribution < -0.4 is 5.32 Å². The van der Waals surface area contributed by atoms with E-state index in [1.165, 1.54) is 0 Å². The second-order valence-electron chi connectivity index (χ2n) is 5.30. The van der Waals surface area contributed by atoms with E-state index in [4.69, 9.17) is 0 Å². The number of hydrogen-bond donors (Lipinski definition) is 1. The molecule has 2 heterocycles. The fraction of sp³-hybridized carbons (Fsp3) is 0.176. The number of nitrogens with zero attached hydrogens (tertiary/aromatic N) is 2. The molecule has 1 amide bonds. The summed E-state index contributed by atoms with van der Waals surface area (Å²) in [6.45, 7) is 4.04. The number of aromatic nitrogens is 2. The van der Waals surface area contributed by atoms with Crippen molar-refractivity contribution in [2.75, 3.05) is 5.32 Å². The van der Waals surface area contributed by atoms with Gasteiger partial charge in [0, 0.05) is 18.1 Å². The molecular formula is C17H17N3O. The highest BCUT2D eigenvalue weighted by Gasteiger charge is 2.08. The minimum atomic E-state index is -0.0524. The van der Waals surface area contributed by atoms with Crippen LogP contribution in [0.1, 0.15) is 16.8 Å². The third-order valence-electron chi connectivity index (χ3n) is 3.26. The third-order valence-corrected chi connectivity index (χ3v) is 3.26. The number of aryl methyl sites for hydroxylation is 2. The van der Waals surface area contributed by atoms with E-state index in [-0.39, 0.29) is 12.3 Å². The van der Waals surface area contributed by atoms with Gasteiger partial charge < -0.3 is 9.72 Å². The van der Waals surface area contributed by atoms with Crippen molar-refractivity contribution in [2.24, 2.45) is 0 Å². The zero-order chi connectivity index (χ0) is 14.8. The fourth-order valence-electron chi connectivity index (χ4n) is 2.49. The fourth-order valence-corrected chi connectivity index (χ4v) is 2.49. The van der Waals surface area contributed by atoms with Crippen LogP contribution in [-0.4, -0.2) is 15.3 Å². The first-order chi connectivity index (χ1) is 10.1. The van der Waals surface area contributed by atoms with Gasteiger partial charge in [0.2, 0.25) is 5.91 Å². The summed E-state index contributed by atoms with van der Waals surface area (Å²) in [5.41, 5.74) is 4.73. The minimum Gasteiger partial charge on any atom is -0.326 e. The summed E-state index contributed by atoms with van der Waals surface area (Å²) in [6.07, 6.45) is 4.08. The Morgan fingerprint density at radius 1 is 1.19 bits per heavy atom. The predicted octanol–water partition coefficient (Wildman–Crippen LogP) is 3.13. The molecular weight excluding hydrogens is 262 g/mol. The highest BCUT2D eigenvalue weighted by atomic mass is 16.1. The number of carbonyl (C=O) groups excluding carboxylic acids is 1. The lowest BCUT2D eigenvalue weighted by molar-refractivity contribution is -0.115. The molecule has 0 unspecified atom stereocenters. The molecule has 4 nitrogen and oxygen atoms in total. The highest BCUT2D eigenvalue weighted by molar-refractivity contribution is 5.92. The Morgan fingerprint density at radius 3 is 2.67 bits per heavy atom. The molecule has 0 radical (unpaired) electrons. The average Bonchev–Trinajstić information content (AvgIpc) is 2.78. The molecule has 0 aliphatic carbocycles. The summed E-state index contributed by atoms with van der Waals surface area (Å²) in [6, 6.07) is 11.8. The summed E-state index contributed by atoms with van der Waals surface area (Å²) in [7, 11) is 0. The van der Waals surface area contributed by atoms with E-state index in [0.717, 1.165) is 28.2 Å². The van der Waals surface area contributed by atoms with Gasteiger partial charge in [0.15, 0.2) is 0 Å². The lowest BCUT2D eigenvalue weighted by Gasteiger charge is -2.06. The van der Waals surface area contributed by atoms with E-state index in [0.29, 0.717) is 0 Å². The average molecular weight is 279 g/mol. The van der Waals surface area contributed by atoms with Crippen LogP contribution in [-0.2, 0) is 11.2 Å². The number of benzene rings is 1. The third kappa shape index (κ3) is 3.11. The molecule has 0 aliphatic heterocycles. The Bertz CT molecular complexity index is 751. The predicted molar refractivity (Wildman–Crippen MR) is 83.4 cm³/mol. The molecule has 1 aromatic carbocycles. The maximum Gasteiger partial charge on any atom is 0.230 e. The quantitative estimate of drug-likeness (QED) is 0.800. The SMILES string of the molecule is Cc1cc(C)cc(NC(=O)Cc2cn3ccccc3n2)c1. The van der Waals surface area contributed by atoms with Gasteiger partial charge >= 0.3 is 0 Å². The maximum atomic E-state index is 12.1. The van der Waals surface area contributed by atoms with Crippen LogP contribution in [0.5, 0.6) is 0 Å². The molecule has 0 fully saturated rings. The first-order valence-corrected chi connectivity index (χ1v) is 6.91. The van der Waals surface area contributed by atoms with Crippen molar-refractivity contribution in [3.63, 3.8) is 0 Å². The van der Waals surface area contributed by atoms with Crippen molar-refractivity contribution in [1.29, 1.82) is 0 Å². The molecule has 106 valence electrons. The topological polar surface area (TPSA) is 46.4 Å². The normalized spacial score (nSPS) is 10.8. The minimum absolute atomic E-state index is 0.0524. The smallest absolute Gasteiger partial charge is 0.230 e. The lowest BCUT2D eigenvalue weighted by Crippen LogP contribution is -2.14. The van der Waals surface area contributed by atoms with Crippen LogP contribution in [0.3, 0.4) is 0 Å². The van der Waals surface area contributed by atoms with Gasteiger partial charge in [-0.25, -0.2) is 4.98 Å². The molecule has 0 saturated carbocycles. The van der Waals surface area contributed by atoms with Crippen molar-refractivity contribution in [1.82, 2.24) is 9.38 Å². The second-order valence-corrected chi connectivity index (χ2v) is 5.30. The van der Waals surface area contributed by atoms with Gasteiger partial charge in [-0.15, -0.1) is 0 Å². The van der Waals surface area contributed by atoms with Crippen LogP contribution in [0.15, 0.2) is 48.8 Å². The van der Waals surface area contributed by atoms with Crippen LogP contribution >= 0.6 is 0 Å². The van der Waals surface area contributed by atoms with Crippen LogP contribution in [0.2, 0.25) is 0 Å². The molecule has 0 bridgehead atoms. The van der Waals surface area contributed by atoms with Crippen molar-refractivity contribution < 1.29 is 4.79 Å². The van der Waals surface area contributed by atoms with Gasteiger partial charge in [0.1, 0.15) is 5.65 Å². The van der Waals surface area contributed by atoms with Gasteiger partial charge in [-0.1, -0.05) is 12.1 Å². The monoisotopic (exact) mass is 279 g/mol. The van der Waals surface area contributed by atoms with E-state index >= 15 is 0 Å². The lowest BCUT2D eigenvalue weighted by atomic mass is 10.1. The molecule has 3 rings (SSSR count). The molecule has 3 aromatic rings. The Morgan fingerprint density at radius 2 is 1.95 bits per heavy atom. The van der Waals surface area contributed by atoms with Gasteiger partial charge in [-0.3, -0.25) is 4.79 Å². The number of anilines is 1. The molecule has 2 aromatic heterocycles. The van der Waals surface area contributed by atoms with Crippen molar-refractivity contribution in [3.8, 4) is 0 Å². The summed E-state index contributed by atoms with van der Waals surface area (Å²) < 4.78 is 1.92. The number of hydrogen-bond acceptors (Lipinski definition) is 2. The van der Waals surface area contributed by atoms with E-state index in [1.807, 2.05) is 61.0 Å². The Kier molecular flexibility index (Phi) is 3.44. The zero-order valence-electron chi connectivity index (χ0n) is 12.1. The molecule has 1 N–H and O–H groups in total. The molecule has 0 spiro atoms. The standard InChI is InChI=1S/C17H17N3O/c1-12-7-13(2)9-14(8-12)19-17(21)10-15-11-20-6-4-3-5-16(20)18-15/h3-9,11H,10H2,1-2H3,(H,19,21). The molecule has 0 atom stereocenters. The van der Waals surface area contributed by atoms with Gasteiger partial charge in [-0.05, 0) is 49.2 Å². The number of nitrogens with one attached hydrogen (secondary N) is 1. The van der Waals surface area contributed by atoms with E-state index in [1.54, 1.807) is 0 Å². The molecule has 4 heteroatoms. The summed E-state index contributed by atoms with van der Waals surface area (Å²) in [5.74, 6) is -0.0524.